The minimum absolute atomic E-state index is 0.0674. The summed E-state index contributed by atoms with van der Waals surface area (Å²) in [6, 6.07) is 4.55. The lowest BCUT2D eigenvalue weighted by Crippen LogP contribution is -2.23. The Labute approximate surface area is 117 Å². The maximum absolute atomic E-state index is 6.50. The molecule has 1 aliphatic rings. The molecule has 1 fully saturated rings. The maximum atomic E-state index is 6.50. The molecule has 1 saturated carbocycles. The highest BCUT2D eigenvalue weighted by Gasteiger charge is 2.44. The Kier molecular flexibility index (Phi) is 3.42. The Morgan fingerprint density at radius 2 is 1.84 bits per heavy atom. The third-order valence-corrected chi connectivity index (χ3v) is 4.52. The van der Waals surface area contributed by atoms with E-state index >= 15 is 0 Å². The topological polar surface area (TPSA) is 35.2 Å². The zero-order valence-corrected chi connectivity index (χ0v) is 13.1. The van der Waals surface area contributed by atoms with Crippen LogP contribution in [0.2, 0.25) is 0 Å². The number of ether oxygens (including phenoxy) is 1. The summed E-state index contributed by atoms with van der Waals surface area (Å²) in [6.07, 6.45) is 2.48. The molecule has 2 nitrogen and oxygen atoms in total. The van der Waals surface area contributed by atoms with Gasteiger partial charge in [-0.05, 0) is 59.4 Å². The molecule has 1 atom stereocenters. The minimum atomic E-state index is 0.0674. The fraction of sp³-hybridized carbons (Fsp3) is 0.647. The lowest BCUT2D eigenvalue weighted by atomic mass is 9.81. The van der Waals surface area contributed by atoms with Gasteiger partial charge in [0.1, 0.15) is 5.75 Å². The van der Waals surface area contributed by atoms with Crippen LogP contribution in [0.5, 0.6) is 5.75 Å². The van der Waals surface area contributed by atoms with E-state index in [1.807, 2.05) is 0 Å². The Morgan fingerprint density at radius 3 is 2.26 bits per heavy atom. The van der Waals surface area contributed by atoms with Crippen molar-refractivity contribution in [3.63, 3.8) is 0 Å². The van der Waals surface area contributed by atoms with E-state index in [0.29, 0.717) is 5.41 Å². The molecule has 0 heterocycles. The summed E-state index contributed by atoms with van der Waals surface area (Å²) >= 11 is 0. The second-order valence-corrected chi connectivity index (χ2v) is 7.29. The Bertz CT molecular complexity index is 481. The molecule has 106 valence electrons. The van der Waals surface area contributed by atoms with E-state index in [0.717, 1.165) is 5.75 Å². The number of methoxy groups -OCH3 is 1. The van der Waals surface area contributed by atoms with Crippen LogP contribution < -0.4 is 10.5 Å². The van der Waals surface area contributed by atoms with Crippen molar-refractivity contribution in [1.29, 1.82) is 0 Å². The number of nitrogens with two attached hydrogens (primary N) is 1. The molecule has 0 saturated heterocycles. The molecule has 2 heteroatoms. The van der Waals surface area contributed by atoms with E-state index < -0.39 is 0 Å². The number of hydrogen-bond donors (Lipinski definition) is 1. The molecule has 1 unspecified atom stereocenters. The zero-order valence-electron chi connectivity index (χ0n) is 13.1. The van der Waals surface area contributed by atoms with Crippen LogP contribution in [-0.2, 0) is 5.41 Å². The molecular weight excluding hydrogens is 234 g/mol. The highest BCUT2D eigenvalue weighted by molar-refractivity contribution is 5.47. The predicted molar refractivity (Wildman–Crippen MR) is 80.7 cm³/mol. The van der Waals surface area contributed by atoms with Crippen molar-refractivity contribution in [2.24, 2.45) is 11.1 Å². The Balaban J connectivity index is 2.51. The van der Waals surface area contributed by atoms with Gasteiger partial charge in [-0.3, -0.25) is 0 Å². The van der Waals surface area contributed by atoms with Crippen molar-refractivity contribution in [2.75, 3.05) is 7.11 Å². The molecular formula is C17H27NO. The number of aryl methyl sites for hydroxylation is 1. The third kappa shape index (κ3) is 2.64. The largest absolute Gasteiger partial charge is 0.496 e. The van der Waals surface area contributed by atoms with Gasteiger partial charge in [-0.1, -0.05) is 27.7 Å². The van der Waals surface area contributed by atoms with Gasteiger partial charge in [-0.2, -0.15) is 0 Å². The normalized spacial score (nSPS) is 19.1. The van der Waals surface area contributed by atoms with Crippen molar-refractivity contribution >= 4 is 0 Å². The lowest BCUT2D eigenvalue weighted by Gasteiger charge is -2.27. The van der Waals surface area contributed by atoms with E-state index in [9.17, 15) is 0 Å². The summed E-state index contributed by atoms with van der Waals surface area (Å²) in [7, 11) is 1.74. The summed E-state index contributed by atoms with van der Waals surface area (Å²) in [5.41, 5.74) is 10.6. The number of hydrogen-bond acceptors (Lipinski definition) is 2. The molecule has 0 aliphatic heterocycles. The minimum Gasteiger partial charge on any atom is -0.496 e. The van der Waals surface area contributed by atoms with Crippen molar-refractivity contribution in [3.05, 3.63) is 28.8 Å². The van der Waals surface area contributed by atoms with E-state index in [-0.39, 0.29) is 11.5 Å². The lowest BCUT2D eigenvalue weighted by molar-refractivity contribution is 0.394. The van der Waals surface area contributed by atoms with Crippen LogP contribution in [0.3, 0.4) is 0 Å². The Morgan fingerprint density at radius 1 is 1.26 bits per heavy atom. The van der Waals surface area contributed by atoms with Crippen LogP contribution in [0.4, 0.5) is 0 Å². The zero-order chi connectivity index (χ0) is 14.4. The molecule has 2 N–H and O–H groups in total. The van der Waals surface area contributed by atoms with Crippen LogP contribution in [-0.4, -0.2) is 7.11 Å². The van der Waals surface area contributed by atoms with Gasteiger partial charge >= 0.3 is 0 Å². The first-order valence-electron chi connectivity index (χ1n) is 7.13. The molecule has 1 aromatic carbocycles. The molecule has 19 heavy (non-hydrogen) atoms. The number of rotatable bonds is 3. The first kappa shape index (κ1) is 14.4. The molecule has 1 aliphatic carbocycles. The molecule has 0 bridgehead atoms. The highest BCUT2D eigenvalue weighted by Crippen LogP contribution is 2.54. The van der Waals surface area contributed by atoms with Gasteiger partial charge in [0.2, 0.25) is 0 Å². The summed E-state index contributed by atoms with van der Waals surface area (Å²) < 4.78 is 5.55. The van der Waals surface area contributed by atoms with Gasteiger partial charge in [0.25, 0.3) is 0 Å². The average Bonchev–Trinajstić information content (AvgIpc) is 3.05. The van der Waals surface area contributed by atoms with Gasteiger partial charge < -0.3 is 10.5 Å². The first-order chi connectivity index (χ1) is 8.69. The monoisotopic (exact) mass is 261 g/mol. The molecule has 0 radical (unpaired) electrons. The van der Waals surface area contributed by atoms with Crippen molar-refractivity contribution in [1.82, 2.24) is 0 Å². The highest BCUT2D eigenvalue weighted by atomic mass is 16.5. The van der Waals surface area contributed by atoms with Gasteiger partial charge in [0.05, 0.1) is 7.11 Å². The summed E-state index contributed by atoms with van der Waals surface area (Å²) in [5, 5.41) is 0. The molecule has 1 aromatic rings. The van der Waals surface area contributed by atoms with Gasteiger partial charge in [0.15, 0.2) is 0 Å². The van der Waals surface area contributed by atoms with Crippen LogP contribution in [0.25, 0.3) is 0 Å². The van der Waals surface area contributed by atoms with Crippen LogP contribution in [0.1, 0.15) is 63.3 Å². The van der Waals surface area contributed by atoms with Crippen LogP contribution in [0, 0.1) is 12.3 Å². The van der Waals surface area contributed by atoms with Gasteiger partial charge in [-0.15, -0.1) is 0 Å². The van der Waals surface area contributed by atoms with Crippen molar-refractivity contribution < 1.29 is 4.74 Å². The second kappa shape index (κ2) is 4.52. The average molecular weight is 261 g/mol. The van der Waals surface area contributed by atoms with E-state index in [1.165, 1.54) is 29.5 Å². The SMILES string of the molecule is COc1cc(C)c(C(N)C2(C)CC2)cc1C(C)(C)C. The Hall–Kier alpha value is -1.02. The first-order valence-corrected chi connectivity index (χ1v) is 7.13. The molecule has 0 aromatic heterocycles. The van der Waals surface area contributed by atoms with E-state index in [2.05, 4.69) is 46.8 Å². The summed E-state index contributed by atoms with van der Waals surface area (Å²) in [6.45, 7) is 11.1. The molecule has 0 amide bonds. The third-order valence-electron chi connectivity index (χ3n) is 4.52. The second-order valence-electron chi connectivity index (χ2n) is 7.29. The molecule has 0 spiro atoms. The van der Waals surface area contributed by atoms with E-state index in [1.54, 1.807) is 7.11 Å². The van der Waals surface area contributed by atoms with E-state index in [4.69, 9.17) is 10.5 Å². The summed E-state index contributed by atoms with van der Waals surface area (Å²) in [4.78, 5) is 0. The quantitative estimate of drug-likeness (QED) is 0.889. The smallest absolute Gasteiger partial charge is 0.122 e. The number of benzene rings is 1. The predicted octanol–water partition coefficient (Wildman–Crippen LogP) is 4.10. The van der Waals surface area contributed by atoms with Crippen molar-refractivity contribution in [2.45, 2.75) is 58.9 Å². The fourth-order valence-electron chi connectivity index (χ4n) is 2.67. The fourth-order valence-corrected chi connectivity index (χ4v) is 2.67. The van der Waals surface area contributed by atoms with Gasteiger partial charge in [0, 0.05) is 6.04 Å². The maximum Gasteiger partial charge on any atom is 0.122 e. The molecule has 2 rings (SSSR count). The van der Waals surface area contributed by atoms with Crippen LogP contribution in [0.15, 0.2) is 12.1 Å². The summed E-state index contributed by atoms with van der Waals surface area (Å²) in [5.74, 6) is 0.974. The van der Waals surface area contributed by atoms with Crippen molar-refractivity contribution in [3.8, 4) is 5.75 Å². The van der Waals surface area contributed by atoms with Crippen LogP contribution >= 0.6 is 0 Å². The van der Waals surface area contributed by atoms with Gasteiger partial charge in [-0.25, -0.2) is 0 Å². The standard InChI is InChI=1S/C17H27NO/c1-11-9-14(19-6)13(16(2,3)4)10-12(11)15(18)17(5)7-8-17/h9-10,15H,7-8,18H2,1-6H3.